The molecule has 2 fully saturated rings. The SMILES string of the molecule is CC(C)c1snnc1C(=O)N1CCC[C@@]2(CCCN2Cc2cc(F)ccc2F)CC1. The summed E-state index contributed by atoms with van der Waals surface area (Å²) in [4.78, 5) is 18.3. The number of amides is 1. The molecule has 4 rings (SSSR count). The number of halogens is 2. The van der Waals surface area contributed by atoms with E-state index in [0.29, 0.717) is 30.9 Å². The lowest BCUT2D eigenvalue weighted by Crippen LogP contribution is -2.44. The summed E-state index contributed by atoms with van der Waals surface area (Å²) in [5.74, 6) is -0.588. The molecule has 1 amide bonds. The minimum Gasteiger partial charge on any atom is -0.337 e. The Morgan fingerprint density at radius 2 is 1.93 bits per heavy atom. The Bertz CT molecular complexity index is 918. The van der Waals surface area contributed by atoms with Crippen LogP contribution in [-0.4, -0.2) is 50.5 Å². The maximum atomic E-state index is 14.2. The molecule has 1 aromatic carbocycles. The Hall–Kier alpha value is -1.93. The van der Waals surface area contributed by atoms with Crippen LogP contribution in [0.5, 0.6) is 0 Å². The number of likely N-dealkylation sites (tertiary alicyclic amines) is 2. The molecule has 0 aliphatic carbocycles. The molecule has 0 saturated carbocycles. The molecule has 162 valence electrons. The number of carbonyl (C=O) groups is 1. The zero-order valence-electron chi connectivity index (χ0n) is 17.5. The molecular weight excluding hydrogens is 406 g/mol. The van der Waals surface area contributed by atoms with Gasteiger partial charge in [-0.05, 0) is 74.3 Å². The predicted molar refractivity (Wildman–Crippen MR) is 112 cm³/mol. The lowest BCUT2D eigenvalue weighted by atomic mass is 9.87. The molecule has 30 heavy (non-hydrogen) atoms. The van der Waals surface area contributed by atoms with E-state index in [-0.39, 0.29) is 23.2 Å². The monoisotopic (exact) mass is 434 g/mol. The Morgan fingerprint density at radius 1 is 1.17 bits per heavy atom. The first-order valence-corrected chi connectivity index (χ1v) is 11.5. The molecule has 1 atom stereocenters. The van der Waals surface area contributed by atoms with Crippen LogP contribution in [0.25, 0.3) is 0 Å². The van der Waals surface area contributed by atoms with E-state index in [0.717, 1.165) is 49.6 Å². The topological polar surface area (TPSA) is 49.3 Å². The number of rotatable bonds is 4. The fraction of sp³-hybridized carbons (Fsp3) is 0.591. The number of carbonyl (C=O) groups excluding carboxylic acids is 1. The van der Waals surface area contributed by atoms with Gasteiger partial charge in [-0.3, -0.25) is 9.69 Å². The first-order chi connectivity index (χ1) is 14.4. The van der Waals surface area contributed by atoms with Gasteiger partial charge in [-0.1, -0.05) is 18.3 Å². The summed E-state index contributed by atoms with van der Waals surface area (Å²) in [5.41, 5.74) is 0.828. The van der Waals surface area contributed by atoms with Gasteiger partial charge in [0.15, 0.2) is 5.69 Å². The van der Waals surface area contributed by atoms with E-state index in [2.05, 4.69) is 14.5 Å². The van der Waals surface area contributed by atoms with Crippen LogP contribution in [0.3, 0.4) is 0 Å². The van der Waals surface area contributed by atoms with Crippen molar-refractivity contribution in [1.29, 1.82) is 0 Å². The van der Waals surface area contributed by atoms with Crippen LogP contribution in [0.4, 0.5) is 8.78 Å². The van der Waals surface area contributed by atoms with Crippen molar-refractivity contribution >= 4 is 17.4 Å². The molecule has 2 aromatic rings. The van der Waals surface area contributed by atoms with Crippen LogP contribution in [-0.2, 0) is 6.54 Å². The molecule has 5 nitrogen and oxygen atoms in total. The van der Waals surface area contributed by atoms with Crippen LogP contribution >= 0.6 is 11.5 Å². The largest absolute Gasteiger partial charge is 0.337 e. The highest BCUT2D eigenvalue weighted by Gasteiger charge is 2.42. The van der Waals surface area contributed by atoms with E-state index in [4.69, 9.17) is 0 Å². The van der Waals surface area contributed by atoms with Gasteiger partial charge in [0, 0.05) is 30.7 Å². The van der Waals surface area contributed by atoms with Crippen molar-refractivity contribution in [3.8, 4) is 0 Å². The van der Waals surface area contributed by atoms with E-state index in [1.165, 1.54) is 23.7 Å². The van der Waals surface area contributed by atoms with Gasteiger partial charge in [-0.2, -0.15) is 0 Å². The molecule has 8 heteroatoms. The third-order valence-electron chi connectivity index (χ3n) is 6.55. The zero-order chi connectivity index (χ0) is 21.3. The third-order valence-corrected chi connectivity index (χ3v) is 7.58. The number of hydrogen-bond acceptors (Lipinski definition) is 5. The summed E-state index contributed by atoms with van der Waals surface area (Å²) in [5, 5.41) is 4.11. The molecule has 1 aromatic heterocycles. The van der Waals surface area contributed by atoms with Gasteiger partial charge in [0.05, 0.1) is 4.88 Å². The minimum absolute atomic E-state index is 0.0368. The first kappa shape index (κ1) is 21.3. The molecule has 0 bridgehead atoms. The predicted octanol–water partition coefficient (Wildman–Crippen LogP) is 4.60. The van der Waals surface area contributed by atoms with Crippen molar-refractivity contribution < 1.29 is 13.6 Å². The van der Waals surface area contributed by atoms with Gasteiger partial charge in [-0.15, -0.1) is 5.10 Å². The van der Waals surface area contributed by atoms with Crippen LogP contribution in [0.15, 0.2) is 18.2 Å². The van der Waals surface area contributed by atoms with Crippen molar-refractivity contribution in [3.63, 3.8) is 0 Å². The number of hydrogen-bond donors (Lipinski definition) is 0. The highest BCUT2D eigenvalue weighted by Crippen LogP contribution is 2.40. The average Bonchev–Trinajstić information content (AvgIpc) is 3.29. The molecular formula is C22H28F2N4OS. The summed E-state index contributed by atoms with van der Waals surface area (Å²) in [7, 11) is 0. The van der Waals surface area contributed by atoms with Gasteiger partial charge in [-0.25, -0.2) is 8.78 Å². The van der Waals surface area contributed by atoms with Crippen LogP contribution in [0, 0.1) is 11.6 Å². The quantitative estimate of drug-likeness (QED) is 0.706. The fourth-order valence-electron chi connectivity index (χ4n) is 4.93. The molecule has 2 aliphatic heterocycles. The third kappa shape index (κ3) is 4.12. The van der Waals surface area contributed by atoms with Crippen molar-refractivity contribution in [2.24, 2.45) is 0 Å². The Balaban J connectivity index is 1.49. The Kier molecular flexibility index (Phi) is 6.16. The smallest absolute Gasteiger partial charge is 0.275 e. The maximum absolute atomic E-state index is 14.2. The van der Waals surface area contributed by atoms with E-state index in [1.54, 1.807) is 0 Å². The van der Waals surface area contributed by atoms with Gasteiger partial charge >= 0.3 is 0 Å². The van der Waals surface area contributed by atoms with E-state index < -0.39 is 5.82 Å². The zero-order valence-corrected chi connectivity index (χ0v) is 18.4. The average molecular weight is 435 g/mol. The van der Waals surface area contributed by atoms with Crippen molar-refractivity contribution in [1.82, 2.24) is 19.4 Å². The number of benzene rings is 1. The lowest BCUT2D eigenvalue weighted by molar-refractivity contribution is 0.0730. The van der Waals surface area contributed by atoms with Crippen LogP contribution in [0.1, 0.15) is 72.8 Å². The first-order valence-electron chi connectivity index (χ1n) is 10.7. The highest BCUT2D eigenvalue weighted by atomic mass is 32.1. The van der Waals surface area contributed by atoms with Crippen molar-refractivity contribution in [2.45, 2.75) is 64.0 Å². The molecule has 3 heterocycles. The summed E-state index contributed by atoms with van der Waals surface area (Å²) < 4.78 is 31.9. The van der Waals surface area contributed by atoms with Gasteiger partial charge < -0.3 is 4.90 Å². The Labute approximate surface area is 180 Å². The summed E-state index contributed by atoms with van der Waals surface area (Å²) in [6, 6.07) is 3.66. The van der Waals surface area contributed by atoms with E-state index in [1.807, 2.05) is 18.7 Å². The van der Waals surface area contributed by atoms with Crippen LogP contribution < -0.4 is 0 Å². The Morgan fingerprint density at radius 3 is 2.70 bits per heavy atom. The molecule has 2 aliphatic rings. The second kappa shape index (κ2) is 8.67. The second-order valence-corrected chi connectivity index (χ2v) is 9.56. The fourth-order valence-corrected chi connectivity index (χ4v) is 5.57. The number of nitrogens with zero attached hydrogens (tertiary/aromatic N) is 4. The highest BCUT2D eigenvalue weighted by molar-refractivity contribution is 7.05. The minimum atomic E-state index is -0.407. The number of aromatic nitrogens is 2. The van der Waals surface area contributed by atoms with Crippen molar-refractivity contribution in [2.75, 3.05) is 19.6 Å². The van der Waals surface area contributed by atoms with Gasteiger partial charge in [0.1, 0.15) is 11.6 Å². The second-order valence-electron chi connectivity index (χ2n) is 8.77. The molecule has 2 saturated heterocycles. The normalized spacial score (nSPS) is 22.8. The molecule has 0 unspecified atom stereocenters. The van der Waals surface area contributed by atoms with Gasteiger partial charge in [0.2, 0.25) is 0 Å². The summed E-state index contributed by atoms with van der Waals surface area (Å²) in [6.07, 6.45) is 4.76. The summed E-state index contributed by atoms with van der Waals surface area (Å²) in [6.45, 7) is 6.72. The van der Waals surface area contributed by atoms with Crippen LogP contribution in [0.2, 0.25) is 0 Å². The van der Waals surface area contributed by atoms with Crippen molar-refractivity contribution in [3.05, 3.63) is 46.0 Å². The maximum Gasteiger partial charge on any atom is 0.275 e. The lowest BCUT2D eigenvalue weighted by Gasteiger charge is -2.38. The van der Waals surface area contributed by atoms with E-state index >= 15 is 0 Å². The molecule has 0 N–H and O–H groups in total. The molecule has 0 radical (unpaired) electrons. The summed E-state index contributed by atoms with van der Waals surface area (Å²) >= 11 is 1.30. The standard InChI is InChI=1S/C22H28F2N4OS/c1-15(2)20-19(25-26-30-20)21(29)27-10-3-7-22(9-12-27)8-4-11-28(22)14-16-13-17(23)5-6-18(16)24/h5-6,13,15H,3-4,7-12,14H2,1-2H3/t22-/m1/s1. The molecule has 1 spiro atoms. The van der Waals surface area contributed by atoms with Gasteiger partial charge in [0.25, 0.3) is 5.91 Å². The van der Waals surface area contributed by atoms with E-state index in [9.17, 15) is 13.6 Å².